The van der Waals surface area contributed by atoms with Gasteiger partial charge in [0.2, 0.25) is 5.91 Å². The molecule has 1 aromatic heterocycles. The van der Waals surface area contributed by atoms with E-state index in [0.717, 1.165) is 11.3 Å². The quantitative estimate of drug-likeness (QED) is 0.787. The molecule has 0 radical (unpaired) electrons. The summed E-state index contributed by atoms with van der Waals surface area (Å²) in [6.07, 6.45) is 3.88. The zero-order valence-corrected chi connectivity index (χ0v) is 15.3. The lowest BCUT2D eigenvalue weighted by atomic mass is 9.89. The highest BCUT2D eigenvalue weighted by atomic mass is 32.2. The molecule has 0 saturated heterocycles. The number of halogens is 1. The SMILES string of the molecule is CC1(c2cc(NC(=O)/C=C/c3ccsc3)ccc2F)CCSC(N)=N1. The van der Waals surface area contributed by atoms with Crippen LogP contribution in [-0.2, 0) is 10.3 Å². The largest absolute Gasteiger partial charge is 0.379 e. The topological polar surface area (TPSA) is 67.5 Å². The molecule has 2 heterocycles. The Balaban J connectivity index is 1.80. The Labute approximate surface area is 154 Å². The van der Waals surface area contributed by atoms with Gasteiger partial charge in [0.1, 0.15) is 5.82 Å². The van der Waals surface area contributed by atoms with Crippen molar-refractivity contribution in [1.29, 1.82) is 0 Å². The first-order valence-corrected chi connectivity index (χ1v) is 9.68. The Kier molecular flexibility index (Phi) is 5.24. The molecule has 1 aliphatic heterocycles. The van der Waals surface area contributed by atoms with Crippen molar-refractivity contribution in [2.75, 3.05) is 11.1 Å². The summed E-state index contributed by atoms with van der Waals surface area (Å²) in [5.41, 5.74) is 7.04. The zero-order valence-electron chi connectivity index (χ0n) is 13.7. The molecule has 1 aromatic carbocycles. The summed E-state index contributed by atoms with van der Waals surface area (Å²) in [7, 11) is 0. The van der Waals surface area contributed by atoms with Crippen molar-refractivity contribution in [1.82, 2.24) is 0 Å². The van der Waals surface area contributed by atoms with Crippen molar-refractivity contribution >= 4 is 45.9 Å². The van der Waals surface area contributed by atoms with E-state index in [1.807, 2.05) is 23.8 Å². The molecule has 1 atom stereocenters. The summed E-state index contributed by atoms with van der Waals surface area (Å²) in [5.74, 6) is 0.166. The second-order valence-corrected chi connectivity index (χ2v) is 7.79. The van der Waals surface area contributed by atoms with E-state index in [1.165, 1.54) is 23.9 Å². The molecule has 3 rings (SSSR count). The first-order valence-electron chi connectivity index (χ1n) is 7.76. The molecule has 0 saturated carbocycles. The molecule has 1 aliphatic rings. The first kappa shape index (κ1) is 17.7. The summed E-state index contributed by atoms with van der Waals surface area (Å²) in [5, 5.41) is 7.12. The number of amides is 1. The average molecular weight is 375 g/mol. The molecule has 1 amide bonds. The van der Waals surface area contributed by atoms with Gasteiger partial charge in [-0.2, -0.15) is 11.3 Å². The second-order valence-electron chi connectivity index (χ2n) is 5.90. The van der Waals surface area contributed by atoms with Crippen molar-refractivity contribution in [3.63, 3.8) is 0 Å². The van der Waals surface area contributed by atoms with Crippen molar-refractivity contribution in [3.05, 3.63) is 58.0 Å². The van der Waals surface area contributed by atoms with Crippen LogP contribution >= 0.6 is 23.1 Å². The summed E-state index contributed by atoms with van der Waals surface area (Å²) < 4.78 is 14.4. The van der Waals surface area contributed by atoms with Crippen molar-refractivity contribution < 1.29 is 9.18 Å². The predicted octanol–water partition coefficient (Wildman–Crippen LogP) is 4.21. The van der Waals surface area contributed by atoms with Gasteiger partial charge in [-0.05, 0) is 60.0 Å². The number of nitrogens with two attached hydrogens (primary N) is 1. The highest BCUT2D eigenvalue weighted by Crippen LogP contribution is 2.37. The minimum Gasteiger partial charge on any atom is -0.379 e. The van der Waals surface area contributed by atoms with Crippen LogP contribution in [0.5, 0.6) is 0 Å². The monoisotopic (exact) mass is 375 g/mol. The molecule has 4 nitrogen and oxygen atoms in total. The maximum absolute atomic E-state index is 14.4. The number of benzene rings is 1. The second kappa shape index (κ2) is 7.41. The number of rotatable bonds is 4. The van der Waals surface area contributed by atoms with Crippen LogP contribution in [0.2, 0.25) is 0 Å². The van der Waals surface area contributed by atoms with Crippen LogP contribution in [0.25, 0.3) is 6.08 Å². The Morgan fingerprint density at radius 3 is 3.00 bits per heavy atom. The fourth-order valence-electron chi connectivity index (χ4n) is 2.62. The molecule has 0 bridgehead atoms. The van der Waals surface area contributed by atoms with Gasteiger partial charge in [-0.1, -0.05) is 11.8 Å². The normalized spacial score (nSPS) is 20.5. The number of nitrogens with zero attached hydrogens (tertiary/aromatic N) is 1. The van der Waals surface area contributed by atoms with E-state index in [0.29, 0.717) is 22.8 Å². The third-order valence-corrected chi connectivity index (χ3v) is 5.48. The Hall–Kier alpha value is -2.12. The number of aliphatic imine (C=N–C) groups is 1. The van der Waals surface area contributed by atoms with E-state index in [1.54, 1.807) is 29.5 Å². The van der Waals surface area contributed by atoms with Gasteiger partial charge in [-0.25, -0.2) is 4.39 Å². The van der Waals surface area contributed by atoms with Gasteiger partial charge in [-0.3, -0.25) is 9.79 Å². The molecule has 25 heavy (non-hydrogen) atoms. The van der Waals surface area contributed by atoms with Crippen LogP contribution in [0.3, 0.4) is 0 Å². The highest BCUT2D eigenvalue weighted by molar-refractivity contribution is 8.13. The number of nitrogens with one attached hydrogen (secondary N) is 1. The first-order chi connectivity index (χ1) is 12.0. The van der Waals surface area contributed by atoms with Gasteiger partial charge in [-0.15, -0.1) is 0 Å². The lowest BCUT2D eigenvalue weighted by Gasteiger charge is -2.30. The number of hydrogen-bond donors (Lipinski definition) is 2. The number of thiophene rings is 1. The Morgan fingerprint density at radius 2 is 2.28 bits per heavy atom. The number of amidine groups is 1. The third-order valence-electron chi connectivity index (χ3n) is 3.98. The van der Waals surface area contributed by atoms with Crippen LogP contribution < -0.4 is 11.1 Å². The van der Waals surface area contributed by atoms with E-state index in [2.05, 4.69) is 10.3 Å². The van der Waals surface area contributed by atoms with Crippen molar-refractivity contribution in [2.24, 2.45) is 10.7 Å². The number of thioether (sulfide) groups is 1. The zero-order chi connectivity index (χ0) is 17.9. The van der Waals surface area contributed by atoms with E-state index in [-0.39, 0.29) is 11.7 Å². The lowest BCUT2D eigenvalue weighted by molar-refractivity contribution is -0.111. The number of hydrogen-bond acceptors (Lipinski definition) is 5. The predicted molar refractivity (Wildman–Crippen MR) is 104 cm³/mol. The van der Waals surface area contributed by atoms with E-state index in [9.17, 15) is 9.18 Å². The van der Waals surface area contributed by atoms with Crippen LogP contribution in [0.15, 0.2) is 46.1 Å². The van der Waals surface area contributed by atoms with E-state index >= 15 is 0 Å². The minimum atomic E-state index is -0.716. The molecule has 7 heteroatoms. The molecule has 1 unspecified atom stereocenters. The molecular weight excluding hydrogens is 357 g/mol. The summed E-state index contributed by atoms with van der Waals surface area (Å²) in [4.78, 5) is 16.5. The van der Waals surface area contributed by atoms with Gasteiger partial charge in [0.15, 0.2) is 5.17 Å². The Morgan fingerprint density at radius 1 is 1.44 bits per heavy atom. The Bertz CT molecular complexity index is 833. The summed E-state index contributed by atoms with van der Waals surface area (Å²) in [6, 6.07) is 6.46. The lowest BCUT2D eigenvalue weighted by Crippen LogP contribution is -2.29. The molecule has 0 spiro atoms. The molecule has 0 fully saturated rings. The van der Waals surface area contributed by atoms with Gasteiger partial charge in [0.25, 0.3) is 0 Å². The third kappa shape index (κ3) is 4.29. The summed E-state index contributed by atoms with van der Waals surface area (Å²) >= 11 is 3.03. The van der Waals surface area contributed by atoms with Crippen LogP contribution in [0.4, 0.5) is 10.1 Å². The molecule has 130 valence electrons. The molecule has 2 aromatic rings. The van der Waals surface area contributed by atoms with Crippen molar-refractivity contribution in [2.45, 2.75) is 18.9 Å². The minimum absolute atomic E-state index is 0.267. The van der Waals surface area contributed by atoms with Gasteiger partial charge >= 0.3 is 0 Å². The molecular formula is C18H18FN3OS2. The van der Waals surface area contributed by atoms with Crippen molar-refractivity contribution in [3.8, 4) is 0 Å². The van der Waals surface area contributed by atoms with Gasteiger partial charge in [0.05, 0.1) is 5.54 Å². The van der Waals surface area contributed by atoms with E-state index < -0.39 is 5.54 Å². The maximum Gasteiger partial charge on any atom is 0.248 e. The van der Waals surface area contributed by atoms with E-state index in [4.69, 9.17) is 5.73 Å². The molecule has 3 N–H and O–H groups in total. The number of carbonyl (C=O) groups is 1. The van der Waals surface area contributed by atoms with Gasteiger partial charge < -0.3 is 11.1 Å². The number of anilines is 1. The maximum atomic E-state index is 14.4. The van der Waals surface area contributed by atoms with Crippen LogP contribution in [0, 0.1) is 5.82 Å². The fourth-order valence-corrected chi connectivity index (χ4v) is 4.23. The fraction of sp³-hybridized carbons (Fsp3) is 0.222. The summed E-state index contributed by atoms with van der Waals surface area (Å²) in [6.45, 7) is 1.86. The number of carbonyl (C=O) groups excluding carboxylic acids is 1. The average Bonchev–Trinajstić information content (AvgIpc) is 3.08. The van der Waals surface area contributed by atoms with Gasteiger partial charge in [0, 0.05) is 23.1 Å². The van der Waals surface area contributed by atoms with Crippen LogP contribution in [-0.4, -0.2) is 16.8 Å². The standard InChI is InChI=1S/C18H18FN3OS2/c1-18(7-9-25-17(20)22-18)14-10-13(3-4-15(14)19)21-16(23)5-2-12-6-8-24-11-12/h2-6,8,10-11H,7,9H2,1H3,(H2,20,22)(H,21,23)/b5-2+. The highest BCUT2D eigenvalue weighted by Gasteiger charge is 2.32. The molecule has 0 aliphatic carbocycles. The van der Waals surface area contributed by atoms with Crippen LogP contribution in [0.1, 0.15) is 24.5 Å². The smallest absolute Gasteiger partial charge is 0.248 e.